The van der Waals surface area contributed by atoms with Crippen LogP contribution in [0.25, 0.3) is 0 Å². The van der Waals surface area contributed by atoms with Crippen LogP contribution in [0.3, 0.4) is 0 Å². The average Bonchev–Trinajstić information content (AvgIpc) is 3.08. The lowest BCUT2D eigenvalue weighted by molar-refractivity contribution is 0.0826. The number of rotatable bonds is 2. The molecule has 0 radical (unpaired) electrons. The van der Waals surface area contributed by atoms with E-state index in [1.165, 1.54) is 24.0 Å². The molecule has 1 aliphatic heterocycles. The van der Waals surface area contributed by atoms with Gasteiger partial charge in [-0.25, -0.2) is 0 Å². The summed E-state index contributed by atoms with van der Waals surface area (Å²) in [7, 11) is 0. The summed E-state index contributed by atoms with van der Waals surface area (Å²) in [5.41, 5.74) is 3.99. The largest absolute Gasteiger partial charge is 0.349 e. The van der Waals surface area contributed by atoms with Gasteiger partial charge < -0.3 is 10.6 Å². The standard InChI is InChI=1S/C19H26N2O/c1-18(2)15-6-7-19(18,3)16(9-15)21-17(22)12-4-5-13-10-20-11-14(13)8-12/h4-5,8,15-16,20H,6-7,9-11H2,1-3H3,(H,21,22). The Morgan fingerprint density at radius 2 is 2.00 bits per heavy atom. The van der Waals surface area contributed by atoms with Crippen molar-refractivity contribution < 1.29 is 4.79 Å². The van der Waals surface area contributed by atoms with Crippen LogP contribution in [0.15, 0.2) is 18.2 Å². The lowest BCUT2D eigenvalue weighted by Crippen LogP contribution is -2.46. The SMILES string of the molecule is CC1(C)C2CCC1(C)C(NC(=O)c1ccc3c(c1)CNC3)C2. The van der Waals surface area contributed by atoms with Crippen molar-refractivity contribution in [3.8, 4) is 0 Å². The third-order valence-electron chi connectivity index (χ3n) is 7.20. The normalized spacial score (nSPS) is 34.7. The summed E-state index contributed by atoms with van der Waals surface area (Å²) in [6.45, 7) is 8.95. The molecule has 22 heavy (non-hydrogen) atoms. The molecule has 1 amide bonds. The molecule has 2 saturated carbocycles. The van der Waals surface area contributed by atoms with Crippen LogP contribution in [0.1, 0.15) is 61.5 Å². The van der Waals surface area contributed by atoms with Crippen LogP contribution in [0.4, 0.5) is 0 Å². The van der Waals surface area contributed by atoms with Crippen LogP contribution in [0.5, 0.6) is 0 Å². The Hall–Kier alpha value is -1.35. The van der Waals surface area contributed by atoms with Crippen LogP contribution in [-0.2, 0) is 13.1 Å². The minimum Gasteiger partial charge on any atom is -0.349 e. The second-order valence-electron chi connectivity index (χ2n) is 8.22. The molecule has 2 fully saturated rings. The second-order valence-corrected chi connectivity index (χ2v) is 8.22. The smallest absolute Gasteiger partial charge is 0.251 e. The van der Waals surface area contributed by atoms with Gasteiger partial charge in [0, 0.05) is 24.7 Å². The average molecular weight is 298 g/mol. The van der Waals surface area contributed by atoms with Crippen molar-refractivity contribution in [1.82, 2.24) is 10.6 Å². The number of fused-ring (bicyclic) bond motifs is 3. The third kappa shape index (κ3) is 1.81. The third-order valence-corrected chi connectivity index (χ3v) is 7.20. The molecule has 118 valence electrons. The van der Waals surface area contributed by atoms with Gasteiger partial charge >= 0.3 is 0 Å². The van der Waals surface area contributed by atoms with Gasteiger partial charge in [-0.2, -0.15) is 0 Å². The zero-order chi connectivity index (χ0) is 15.5. The van der Waals surface area contributed by atoms with Crippen LogP contribution in [0.2, 0.25) is 0 Å². The molecule has 3 aliphatic rings. The lowest BCUT2D eigenvalue weighted by atomic mass is 9.69. The maximum absolute atomic E-state index is 12.7. The molecule has 2 aliphatic carbocycles. The first kappa shape index (κ1) is 14.3. The Labute approximate surface area is 132 Å². The first-order valence-corrected chi connectivity index (χ1v) is 8.55. The van der Waals surface area contributed by atoms with E-state index in [9.17, 15) is 4.79 Å². The Morgan fingerprint density at radius 1 is 1.23 bits per heavy atom. The molecule has 4 rings (SSSR count). The Morgan fingerprint density at radius 3 is 2.68 bits per heavy atom. The van der Waals surface area contributed by atoms with E-state index in [2.05, 4.69) is 43.5 Å². The van der Waals surface area contributed by atoms with Crippen LogP contribution in [0, 0.1) is 16.7 Å². The van der Waals surface area contributed by atoms with E-state index in [1.54, 1.807) is 0 Å². The van der Waals surface area contributed by atoms with E-state index >= 15 is 0 Å². The summed E-state index contributed by atoms with van der Waals surface area (Å²) in [4.78, 5) is 12.7. The fourth-order valence-electron chi connectivity index (χ4n) is 5.10. The minimum absolute atomic E-state index is 0.101. The summed E-state index contributed by atoms with van der Waals surface area (Å²) in [5, 5.41) is 6.69. The molecular formula is C19H26N2O. The van der Waals surface area contributed by atoms with Gasteiger partial charge in [0.1, 0.15) is 0 Å². The monoisotopic (exact) mass is 298 g/mol. The van der Waals surface area contributed by atoms with Crippen molar-refractivity contribution in [1.29, 1.82) is 0 Å². The number of nitrogens with one attached hydrogen (secondary N) is 2. The fourth-order valence-corrected chi connectivity index (χ4v) is 5.10. The summed E-state index contributed by atoms with van der Waals surface area (Å²) in [6.07, 6.45) is 3.70. The number of hydrogen-bond acceptors (Lipinski definition) is 2. The zero-order valence-electron chi connectivity index (χ0n) is 13.8. The highest BCUT2D eigenvalue weighted by Gasteiger charge is 2.61. The van der Waals surface area contributed by atoms with E-state index in [1.807, 2.05) is 6.07 Å². The molecule has 2 bridgehead atoms. The molecule has 1 aromatic rings. The lowest BCUT2D eigenvalue weighted by Gasteiger charge is -2.39. The molecule has 3 nitrogen and oxygen atoms in total. The summed E-state index contributed by atoms with van der Waals surface area (Å²) >= 11 is 0. The highest BCUT2D eigenvalue weighted by Crippen LogP contribution is 2.65. The minimum atomic E-state index is 0.101. The number of hydrogen-bond donors (Lipinski definition) is 2. The van der Waals surface area contributed by atoms with Gasteiger partial charge in [0.15, 0.2) is 0 Å². The molecule has 3 atom stereocenters. The predicted molar refractivity (Wildman–Crippen MR) is 87.5 cm³/mol. The van der Waals surface area contributed by atoms with Crippen molar-refractivity contribution in [2.45, 2.75) is 59.2 Å². The van der Waals surface area contributed by atoms with Gasteiger partial charge in [0.05, 0.1) is 0 Å². The second kappa shape index (κ2) is 4.58. The fraction of sp³-hybridized carbons (Fsp3) is 0.632. The number of benzene rings is 1. The van der Waals surface area contributed by atoms with Gasteiger partial charge in [-0.3, -0.25) is 4.79 Å². The van der Waals surface area contributed by atoms with Crippen molar-refractivity contribution in [3.05, 3.63) is 34.9 Å². The number of carbonyl (C=O) groups excluding carboxylic acids is 1. The van der Waals surface area contributed by atoms with Gasteiger partial charge in [-0.15, -0.1) is 0 Å². The van der Waals surface area contributed by atoms with Gasteiger partial charge in [-0.05, 0) is 59.3 Å². The topological polar surface area (TPSA) is 41.1 Å². The molecule has 0 aromatic heterocycles. The molecule has 2 N–H and O–H groups in total. The van der Waals surface area contributed by atoms with Gasteiger partial charge in [0.2, 0.25) is 0 Å². The maximum Gasteiger partial charge on any atom is 0.251 e. The van der Waals surface area contributed by atoms with E-state index < -0.39 is 0 Å². The van der Waals surface area contributed by atoms with Crippen molar-refractivity contribution >= 4 is 5.91 Å². The Balaban J connectivity index is 1.54. The predicted octanol–water partition coefficient (Wildman–Crippen LogP) is 3.23. The van der Waals surface area contributed by atoms with Crippen molar-refractivity contribution in [3.63, 3.8) is 0 Å². The zero-order valence-corrected chi connectivity index (χ0v) is 13.8. The summed E-state index contributed by atoms with van der Waals surface area (Å²) < 4.78 is 0. The van der Waals surface area contributed by atoms with Gasteiger partial charge in [0.25, 0.3) is 5.91 Å². The summed E-state index contributed by atoms with van der Waals surface area (Å²) in [6, 6.07) is 6.45. The first-order chi connectivity index (χ1) is 10.4. The summed E-state index contributed by atoms with van der Waals surface area (Å²) in [5.74, 6) is 0.858. The van der Waals surface area contributed by atoms with E-state index in [0.29, 0.717) is 11.5 Å². The van der Waals surface area contributed by atoms with Crippen LogP contribution < -0.4 is 10.6 Å². The molecule has 3 unspecified atom stereocenters. The molecule has 1 heterocycles. The molecule has 0 spiro atoms. The van der Waals surface area contributed by atoms with E-state index in [4.69, 9.17) is 0 Å². The quantitative estimate of drug-likeness (QED) is 0.880. The molecule has 3 heteroatoms. The number of carbonyl (C=O) groups is 1. The maximum atomic E-state index is 12.7. The van der Waals surface area contributed by atoms with E-state index in [0.717, 1.165) is 31.0 Å². The Bertz CT molecular complexity index is 636. The first-order valence-electron chi connectivity index (χ1n) is 8.55. The molecular weight excluding hydrogens is 272 g/mol. The van der Waals surface area contributed by atoms with Crippen molar-refractivity contribution in [2.75, 3.05) is 0 Å². The molecule has 0 saturated heterocycles. The Kier molecular flexibility index (Phi) is 2.96. The van der Waals surface area contributed by atoms with E-state index in [-0.39, 0.29) is 11.3 Å². The molecule has 1 aromatic carbocycles. The highest BCUT2D eigenvalue weighted by molar-refractivity contribution is 5.94. The van der Waals surface area contributed by atoms with Crippen molar-refractivity contribution in [2.24, 2.45) is 16.7 Å². The van der Waals surface area contributed by atoms with Crippen LogP contribution >= 0.6 is 0 Å². The van der Waals surface area contributed by atoms with Crippen LogP contribution in [-0.4, -0.2) is 11.9 Å². The van der Waals surface area contributed by atoms with Gasteiger partial charge in [-0.1, -0.05) is 26.8 Å². The number of amides is 1. The highest BCUT2D eigenvalue weighted by atomic mass is 16.1.